The summed E-state index contributed by atoms with van der Waals surface area (Å²) in [6, 6.07) is 5.89. The van der Waals surface area contributed by atoms with Crippen molar-refractivity contribution >= 4 is 11.6 Å². The van der Waals surface area contributed by atoms with Crippen molar-refractivity contribution in [2.45, 2.75) is 6.42 Å². The number of carbonyl (C=O) groups excluding carboxylic acids is 1. The average molecular weight is 277 g/mol. The Balaban J connectivity index is 1.83. The number of benzene rings is 1. The zero-order valence-corrected chi connectivity index (χ0v) is 11.1. The molecule has 0 atom stereocenters. The average Bonchev–Trinajstić information content (AvgIpc) is 2.49. The van der Waals surface area contributed by atoms with Crippen molar-refractivity contribution < 1.29 is 13.9 Å². The minimum absolute atomic E-state index is 0.0569. The van der Waals surface area contributed by atoms with E-state index in [1.165, 1.54) is 18.2 Å². The molecule has 1 N–H and O–H groups in total. The molecule has 0 spiro atoms. The lowest BCUT2D eigenvalue weighted by molar-refractivity contribution is -0.134. The lowest BCUT2D eigenvalue weighted by atomic mass is 10.2. The Morgan fingerprint density at radius 1 is 1.45 bits per heavy atom. The predicted octanol–water partition coefficient (Wildman–Crippen LogP) is 1.36. The second kappa shape index (κ2) is 6.87. The Morgan fingerprint density at radius 2 is 2.20 bits per heavy atom. The predicted molar refractivity (Wildman–Crippen MR) is 71.6 cm³/mol. The van der Waals surface area contributed by atoms with E-state index in [0.29, 0.717) is 45.0 Å². The molecule has 0 aliphatic carbocycles. The fourth-order valence-electron chi connectivity index (χ4n) is 2.04. The number of nitrogens with one attached hydrogen (secondary N) is 1. The second-order valence-electron chi connectivity index (χ2n) is 4.47. The molecule has 1 saturated heterocycles. The maximum atomic E-state index is 13.0. The van der Waals surface area contributed by atoms with Gasteiger partial charge in [-0.05, 0) is 18.2 Å². The molecule has 1 heterocycles. The van der Waals surface area contributed by atoms with Crippen LogP contribution in [0.25, 0.3) is 0 Å². The van der Waals surface area contributed by atoms with E-state index in [0.717, 1.165) is 0 Å². The highest BCUT2D eigenvalue weighted by Gasteiger charge is 2.16. The lowest BCUT2D eigenvalue weighted by Gasteiger charge is -2.26. The van der Waals surface area contributed by atoms with E-state index in [9.17, 15) is 9.18 Å². The third kappa shape index (κ3) is 3.68. The normalized spacial score (nSPS) is 14.7. The van der Waals surface area contributed by atoms with Crippen LogP contribution in [0, 0.1) is 17.1 Å². The Bertz CT molecular complexity index is 522. The standard InChI is InChI=1S/C14H16FN3O2/c15-12-1-2-13(11(9-12)10-16)17-4-3-14(19)18-5-7-20-8-6-18/h1-2,9,17H,3-8H2. The van der Waals surface area contributed by atoms with Gasteiger partial charge < -0.3 is 15.0 Å². The van der Waals surface area contributed by atoms with E-state index >= 15 is 0 Å². The second-order valence-corrected chi connectivity index (χ2v) is 4.47. The Kier molecular flexibility index (Phi) is 4.91. The van der Waals surface area contributed by atoms with Gasteiger partial charge in [0.05, 0.1) is 24.5 Å². The van der Waals surface area contributed by atoms with Gasteiger partial charge in [-0.15, -0.1) is 0 Å². The monoisotopic (exact) mass is 277 g/mol. The van der Waals surface area contributed by atoms with Crippen molar-refractivity contribution in [2.24, 2.45) is 0 Å². The summed E-state index contributed by atoms with van der Waals surface area (Å²) in [6.45, 7) is 2.82. The number of morpholine rings is 1. The van der Waals surface area contributed by atoms with Crippen molar-refractivity contribution in [1.29, 1.82) is 5.26 Å². The number of anilines is 1. The largest absolute Gasteiger partial charge is 0.383 e. The number of carbonyl (C=O) groups is 1. The van der Waals surface area contributed by atoms with Gasteiger partial charge in [-0.25, -0.2) is 4.39 Å². The molecule has 5 nitrogen and oxygen atoms in total. The number of halogens is 1. The first-order valence-corrected chi connectivity index (χ1v) is 6.50. The van der Waals surface area contributed by atoms with Crippen LogP contribution in [0.4, 0.5) is 10.1 Å². The quantitative estimate of drug-likeness (QED) is 0.902. The number of rotatable bonds is 4. The maximum absolute atomic E-state index is 13.0. The molecule has 1 aliphatic heterocycles. The minimum Gasteiger partial charge on any atom is -0.383 e. The molecule has 106 valence electrons. The Hall–Kier alpha value is -2.13. The van der Waals surface area contributed by atoms with Crippen LogP contribution in [0.1, 0.15) is 12.0 Å². The van der Waals surface area contributed by atoms with Crippen molar-refractivity contribution in [1.82, 2.24) is 4.90 Å². The first-order valence-electron chi connectivity index (χ1n) is 6.50. The van der Waals surface area contributed by atoms with E-state index in [-0.39, 0.29) is 11.5 Å². The molecule has 0 unspecified atom stereocenters. The first kappa shape index (κ1) is 14.3. The van der Waals surface area contributed by atoms with Gasteiger partial charge in [0.1, 0.15) is 11.9 Å². The zero-order valence-electron chi connectivity index (χ0n) is 11.1. The highest BCUT2D eigenvalue weighted by Crippen LogP contribution is 2.15. The van der Waals surface area contributed by atoms with Gasteiger partial charge in [0.25, 0.3) is 0 Å². The molecule has 0 saturated carbocycles. The maximum Gasteiger partial charge on any atom is 0.224 e. The molecule has 20 heavy (non-hydrogen) atoms. The number of hydrogen-bond donors (Lipinski definition) is 1. The van der Waals surface area contributed by atoms with Crippen LogP contribution in [-0.2, 0) is 9.53 Å². The van der Waals surface area contributed by atoms with E-state index in [1.54, 1.807) is 4.90 Å². The van der Waals surface area contributed by atoms with E-state index in [1.807, 2.05) is 6.07 Å². The molecule has 6 heteroatoms. The summed E-state index contributed by atoms with van der Waals surface area (Å²) in [4.78, 5) is 13.7. The van der Waals surface area contributed by atoms with Crippen LogP contribution in [0.3, 0.4) is 0 Å². The van der Waals surface area contributed by atoms with Gasteiger partial charge in [-0.3, -0.25) is 4.79 Å². The summed E-state index contributed by atoms with van der Waals surface area (Å²) < 4.78 is 18.2. The number of nitrogens with zero attached hydrogens (tertiary/aromatic N) is 2. The molecule has 0 bridgehead atoms. The van der Waals surface area contributed by atoms with Gasteiger partial charge in [-0.2, -0.15) is 5.26 Å². The van der Waals surface area contributed by atoms with Crippen LogP contribution in [-0.4, -0.2) is 43.7 Å². The third-order valence-corrected chi connectivity index (χ3v) is 3.12. The van der Waals surface area contributed by atoms with Gasteiger partial charge in [-0.1, -0.05) is 0 Å². The Morgan fingerprint density at radius 3 is 2.90 bits per heavy atom. The lowest BCUT2D eigenvalue weighted by Crippen LogP contribution is -2.41. The summed E-state index contributed by atoms with van der Waals surface area (Å²) in [5.74, 6) is -0.391. The Labute approximate surface area is 116 Å². The number of nitriles is 1. The molecule has 1 aromatic rings. The highest BCUT2D eigenvalue weighted by atomic mass is 19.1. The molecule has 1 aromatic carbocycles. The van der Waals surface area contributed by atoms with Crippen LogP contribution in [0.2, 0.25) is 0 Å². The van der Waals surface area contributed by atoms with Crippen LogP contribution >= 0.6 is 0 Å². The number of amides is 1. The van der Waals surface area contributed by atoms with Crippen molar-refractivity contribution in [3.8, 4) is 6.07 Å². The molecule has 0 radical (unpaired) electrons. The molecule has 1 aliphatic rings. The third-order valence-electron chi connectivity index (χ3n) is 3.12. The fraction of sp³-hybridized carbons (Fsp3) is 0.429. The van der Waals surface area contributed by atoms with E-state index < -0.39 is 5.82 Å². The van der Waals surface area contributed by atoms with E-state index in [2.05, 4.69) is 5.32 Å². The zero-order chi connectivity index (χ0) is 14.4. The van der Waals surface area contributed by atoms with Crippen LogP contribution < -0.4 is 5.32 Å². The SMILES string of the molecule is N#Cc1cc(F)ccc1NCCC(=O)N1CCOCC1. The minimum atomic E-state index is -0.448. The van der Waals surface area contributed by atoms with E-state index in [4.69, 9.17) is 10.00 Å². The fourth-order valence-corrected chi connectivity index (χ4v) is 2.04. The summed E-state index contributed by atoms with van der Waals surface area (Å²) in [7, 11) is 0. The smallest absolute Gasteiger partial charge is 0.224 e. The molecular formula is C14H16FN3O2. The van der Waals surface area contributed by atoms with Gasteiger partial charge >= 0.3 is 0 Å². The van der Waals surface area contributed by atoms with Crippen LogP contribution in [0.15, 0.2) is 18.2 Å². The highest BCUT2D eigenvalue weighted by molar-refractivity contribution is 5.77. The summed E-state index contributed by atoms with van der Waals surface area (Å²) in [6.07, 6.45) is 0.336. The summed E-state index contributed by atoms with van der Waals surface area (Å²) in [5.41, 5.74) is 0.785. The topological polar surface area (TPSA) is 65.4 Å². The van der Waals surface area contributed by atoms with Gasteiger partial charge in [0.2, 0.25) is 5.91 Å². The van der Waals surface area contributed by atoms with Gasteiger partial charge in [0, 0.05) is 26.1 Å². The van der Waals surface area contributed by atoms with Crippen molar-refractivity contribution in [3.63, 3.8) is 0 Å². The summed E-state index contributed by atoms with van der Waals surface area (Å²) >= 11 is 0. The summed E-state index contributed by atoms with van der Waals surface area (Å²) in [5, 5.41) is 11.9. The first-order chi connectivity index (χ1) is 9.70. The molecular weight excluding hydrogens is 261 g/mol. The molecule has 1 amide bonds. The van der Waals surface area contributed by atoms with Gasteiger partial charge in [0.15, 0.2) is 0 Å². The number of ether oxygens (including phenoxy) is 1. The molecule has 2 rings (SSSR count). The van der Waals surface area contributed by atoms with Crippen LogP contribution in [0.5, 0.6) is 0 Å². The molecule has 0 aromatic heterocycles. The van der Waals surface area contributed by atoms with Crippen molar-refractivity contribution in [3.05, 3.63) is 29.6 Å². The number of hydrogen-bond acceptors (Lipinski definition) is 4. The van der Waals surface area contributed by atoms with Crippen molar-refractivity contribution in [2.75, 3.05) is 38.2 Å². The molecule has 1 fully saturated rings.